The summed E-state index contributed by atoms with van der Waals surface area (Å²) in [5, 5.41) is 9.17. The van der Waals surface area contributed by atoms with Crippen molar-refractivity contribution in [2.24, 2.45) is 11.3 Å². The van der Waals surface area contributed by atoms with Crippen LogP contribution in [0.15, 0.2) is 24.3 Å². The van der Waals surface area contributed by atoms with E-state index in [1.54, 1.807) is 12.1 Å². The molecule has 3 heteroatoms. The summed E-state index contributed by atoms with van der Waals surface area (Å²) >= 11 is 0. The molecule has 0 radical (unpaired) electrons. The number of benzene rings is 1. The van der Waals surface area contributed by atoms with Crippen LogP contribution >= 0.6 is 0 Å². The topological polar surface area (TPSA) is 46.5 Å². The van der Waals surface area contributed by atoms with E-state index < -0.39 is 5.97 Å². The van der Waals surface area contributed by atoms with Crippen molar-refractivity contribution < 1.29 is 14.6 Å². The number of carboxylic acid groups (broad SMARTS) is 1. The number of hydrogen-bond acceptors (Lipinski definition) is 2. The van der Waals surface area contributed by atoms with Crippen LogP contribution in [0.25, 0.3) is 0 Å². The lowest BCUT2D eigenvalue weighted by Crippen LogP contribution is -2.32. The molecule has 1 aromatic carbocycles. The summed E-state index contributed by atoms with van der Waals surface area (Å²) in [6.07, 6.45) is 3.58. The number of rotatable bonds is 4. The van der Waals surface area contributed by atoms with Crippen LogP contribution in [-0.2, 0) is 11.3 Å². The molecule has 1 aliphatic carbocycles. The molecule has 3 nitrogen and oxygen atoms in total. The van der Waals surface area contributed by atoms with E-state index in [2.05, 4.69) is 20.8 Å². The number of hydrogen-bond donors (Lipinski definition) is 1. The van der Waals surface area contributed by atoms with Gasteiger partial charge in [-0.05, 0) is 42.2 Å². The molecule has 2 rings (SSSR count). The van der Waals surface area contributed by atoms with Crippen LogP contribution in [-0.4, -0.2) is 17.2 Å². The third-order valence-corrected chi connectivity index (χ3v) is 4.07. The Labute approximate surface area is 121 Å². The lowest BCUT2D eigenvalue weighted by atomic mass is 9.71. The molecule has 1 aromatic rings. The van der Waals surface area contributed by atoms with Crippen LogP contribution in [0.3, 0.4) is 0 Å². The second-order valence-electron chi connectivity index (χ2n) is 6.81. The maximum Gasteiger partial charge on any atom is 0.336 e. The van der Waals surface area contributed by atoms with Crippen LogP contribution in [0.2, 0.25) is 0 Å². The first-order chi connectivity index (χ1) is 9.37. The third kappa shape index (κ3) is 3.83. The molecular formula is C17H24O3. The summed E-state index contributed by atoms with van der Waals surface area (Å²) in [5.41, 5.74) is 1.42. The van der Waals surface area contributed by atoms with Crippen LogP contribution in [0, 0.1) is 11.3 Å². The molecule has 2 unspecified atom stereocenters. The van der Waals surface area contributed by atoms with Crippen molar-refractivity contribution in [1.82, 2.24) is 0 Å². The van der Waals surface area contributed by atoms with Crippen molar-refractivity contribution in [3.05, 3.63) is 35.4 Å². The summed E-state index contributed by atoms with van der Waals surface area (Å²) in [5.74, 6) is -0.222. The minimum absolute atomic E-state index is 0.232. The lowest BCUT2D eigenvalue weighted by molar-refractivity contribution is -0.0319. The number of ether oxygens (including phenoxy) is 1. The molecule has 0 aromatic heterocycles. The third-order valence-electron chi connectivity index (χ3n) is 4.07. The maximum atomic E-state index is 11.2. The second-order valence-corrected chi connectivity index (χ2v) is 6.81. The van der Waals surface area contributed by atoms with E-state index in [1.807, 2.05) is 12.1 Å². The maximum absolute atomic E-state index is 11.2. The van der Waals surface area contributed by atoms with Crippen molar-refractivity contribution in [2.45, 2.75) is 52.7 Å². The average Bonchev–Trinajstić information content (AvgIpc) is 2.34. The van der Waals surface area contributed by atoms with Gasteiger partial charge in [0.15, 0.2) is 0 Å². The fraction of sp³-hybridized carbons (Fsp3) is 0.588. The number of carboxylic acids is 1. The number of carbonyl (C=O) groups is 1. The molecule has 2 atom stereocenters. The van der Waals surface area contributed by atoms with E-state index in [0.29, 0.717) is 23.5 Å². The van der Waals surface area contributed by atoms with Gasteiger partial charge in [-0.3, -0.25) is 0 Å². The zero-order valence-corrected chi connectivity index (χ0v) is 12.6. The van der Waals surface area contributed by atoms with Crippen LogP contribution in [0.1, 0.15) is 56.0 Å². The van der Waals surface area contributed by atoms with E-state index in [0.717, 1.165) is 18.4 Å². The van der Waals surface area contributed by atoms with Crippen LogP contribution in [0.4, 0.5) is 0 Å². The minimum Gasteiger partial charge on any atom is -0.478 e. The monoisotopic (exact) mass is 276 g/mol. The Kier molecular flexibility index (Phi) is 4.48. The summed E-state index contributed by atoms with van der Waals surface area (Å²) < 4.78 is 6.00. The highest BCUT2D eigenvalue weighted by Gasteiger charge is 2.32. The average molecular weight is 276 g/mol. The van der Waals surface area contributed by atoms with Gasteiger partial charge in [0.25, 0.3) is 0 Å². The first-order valence-electron chi connectivity index (χ1n) is 7.30. The van der Waals surface area contributed by atoms with Crippen LogP contribution < -0.4 is 0 Å². The fourth-order valence-corrected chi connectivity index (χ4v) is 3.45. The van der Waals surface area contributed by atoms with Crippen molar-refractivity contribution in [3.63, 3.8) is 0 Å². The Hall–Kier alpha value is -1.35. The molecule has 0 saturated heterocycles. The predicted octanol–water partition coefficient (Wildman–Crippen LogP) is 4.12. The second kappa shape index (κ2) is 5.96. The quantitative estimate of drug-likeness (QED) is 0.900. The van der Waals surface area contributed by atoms with Gasteiger partial charge in [-0.15, -0.1) is 0 Å². The van der Waals surface area contributed by atoms with Gasteiger partial charge in [0, 0.05) is 0 Å². The van der Waals surface area contributed by atoms with Gasteiger partial charge in [0.1, 0.15) is 0 Å². The Bertz CT molecular complexity index is 479. The standard InChI is InChI=1S/C17H24O3/c1-12-8-14(10-17(2,3)9-12)20-11-13-6-4-5-7-15(13)16(18)19/h4-7,12,14H,8-11H2,1-3H3,(H,18,19). The lowest BCUT2D eigenvalue weighted by Gasteiger charge is -2.38. The molecule has 0 amide bonds. The Morgan fingerprint density at radius 3 is 2.70 bits per heavy atom. The van der Waals surface area contributed by atoms with Gasteiger partial charge < -0.3 is 9.84 Å². The molecule has 1 saturated carbocycles. The first-order valence-corrected chi connectivity index (χ1v) is 7.30. The van der Waals surface area contributed by atoms with Gasteiger partial charge in [0.05, 0.1) is 18.3 Å². The molecule has 1 N–H and O–H groups in total. The van der Waals surface area contributed by atoms with E-state index in [4.69, 9.17) is 4.74 Å². The first kappa shape index (κ1) is 15.0. The molecule has 20 heavy (non-hydrogen) atoms. The summed E-state index contributed by atoms with van der Waals surface area (Å²) in [4.78, 5) is 11.2. The Morgan fingerprint density at radius 1 is 1.35 bits per heavy atom. The highest BCUT2D eigenvalue weighted by molar-refractivity contribution is 5.89. The van der Waals surface area contributed by atoms with Crippen LogP contribution in [0.5, 0.6) is 0 Å². The predicted molar refractivity (Wildman–Crippen MR) is 78.8 cm³/mol. The van der Waals surface area contributed by atoms with Crippen molar-refractivity contribution >= 4 is 5.97 Å². The minimum atomic E-state index is -0.887. The molecule has 0 bridgehead atoms. The smallest absolute Gasteiger partial charge is 0.336 e. The summed E-state index contributed by atoms with van der Waals surface area (Å²) in [7, 11) is 0. The van der Waals surface area contributed by atoms with Gasteiger partial charge in [-0.25, -0.2) is 4.79 Å². The molecule has 1 fully saturated rings. The molecule has 110 valence electrons. The zero-order valence-electron chi connectivity index (χ0n) is 12.6. The Balaban J connectivity index is 2.00. The molecule has 1 aliphatic rings. The highest BCUT2D eigenvalue weighted by Crippen LogP contribution is 2.39. The largest absolute Gasteiger partial charge is 0.478 e. The SMILES string of the molecule is CC1CC(OCc2ccccc2C(=O)O)CC(C)(C)C1. The Morgan fingerprint density at radius 2 is 2.05 bits per heavy atom. The molecule has 0 aliphatic heterocycles. The summed E-state index contributed by atoms with van der Waals surface area (Å²) in [6, 6.07) is 7.08. The van der Waals surface area contributed by atoms with Crippen molar-refractivity contribution in [3.8, 4) is 0 Å². The summed E-state index contributed by atoms with van der Waals surface area (Å²) in [6.45, 7) is 7.22. The number of aromatic carboxylic acids is 1. The van der Waals surface area contributed by atoms with Gasteiger partial charge in [-0.2, -0.15) is 0 Å². The normalized spacial score (nSPS) is 25.4. The van der Waals surface area contributed by atoms with E-state index in [1.165, 1.54) is 6.42 Å². The molecule has 0 spiro atoms. The van der Waals surface area contributed by atoms with Crippen molar-refractivity contribution in [1.29, 1.82) is 0 Å². The van der Waals surface area contributed by atoms with E-state index in [9.17, 15) is 9.90 Å². The molecular weight excluding hydrogens is 252 g/mol. The van der Waals surface area contributed by atoms with Gasteiger partial charge in [0.2, 0.25) is 0 Å². The van der Waals surface area contributed by atoms with E-state index >= 15 is 0 Å². The van der Waals surface area contributed by atoms with Crippen molar-refractivity contribution in [2.75, 3.05) is 0 Å². The fourth-order valence-electron chi connectivity index (χ4n) is 3.45. The van der Waals surface area contributed by atoms with Gasteiger partial charge >= 0.3 is 5.97 Å². The van der Waals surface area contributed by atoms with E-state index in [-0.39, 0.29) is 6.10 Å². The highest BCUT2D eigenvalue weighted by atomic mass is 16.5. The zero-order chi connectivity index (χ0) is 14.8. The molecule has 0 heterocycles. The van der Waals surface area contributed by atoms with Gasteiger partial charge in [-0.1, -0.05) is 39.0 Å².